The van der Waals surface area contributed by atoms with Crippen LogP contribution in [-0.4, -0.2) is 78.4 Å². The summed E-state index contributed by atoms with van der Waals surface area (Å²) < 4.78 is 48.7. The van der Waals surface area contributed by atoms with Gasteiger partial charge in [0.25, 0.3) is 5.91 Å². The molecule has 2 aliphatic heterocycles. The van der Waals surface area contributed by atoms with Crippen molar-refractivity contribution in [2.24, 2.45) is 0 Å². The van der Waals surface area contributed by atoms with Crippen molar-refractivity contribution in [3.8, 4) is 11.5 Å². The molecule has 2 saturated heterocycles. The summed E-state index contributed by atoms with van der Waals surface area (Å²) in [6.45, 7) is 2.30. The Bertz CT molecular complexity index is 800. The summed E-state index contributed by atoms with van der Waals surface area (Å²) in [4.78, 5) is 12.9. The highest BCUT2D eigenvalue weighted by Crippen LogP contribution is 2.35. The first kappa shape index (κ1) is 20.8. The number of methoxy groups -OCH3 is 2. The Hall–Kier alpha value is -1.88. The van der Waals surface area contributed by atoms with Crippen LogP contribution >= 0.6 is 0 Å². The molecule has 1 amide bonds. The second-order valence-electron chi connectivity index (χ2n) is 6.61. The number of benzene rings is 1. The van der Waals surface area contributed by atoms with Gasteiger partial charge in [0.05, 0.1) is 50.5 Å². The lowest BCUT2D eigenvalue weighted by atomic mass is 10.1. The van der Waals surface area contributed by atoms with E-state index in [-0.39, 0.29) is 41.1 Å². The van der Waals surface area contributed by atoms with Crippen LogP contribution in [0.5, 0.6) is 11.5 Å². The maximum absolute atomic E-state index is 13.0. The number of nitrogens with one attached hydrogen (secondary N) is 1. The molecule has 9 nitrogen and oxygen atoms in total. The Morgan fingerprint density at radius 2 is 1.89 bits per heavy atom. The fourth-order valence-corrected chi connectivity index (χ4v) is 4.76. The number of morpholine rings is 1. The van der Waals surface area contributed by atoms with Gasteiger partial charge >= 0.3 is 0 Å². The Balaban J connectivity index is 1.95. The number of ether oxygens (including phenoxy) is 4. The zero-order valence-corrected chi connectivity index (χ0v) is 16.9. The molecule has 0 bridgehead atoms. The van der Waals surface area contributed by atoms with Crippen molar-refractivity contribution in [2.75, 3.05) is 53.7 Å². The first-order chi connectivity index (χ1) is 13.5. The van der Waals surface area contributed by atoms with Gasteiger partial charge in [-0.3, -0.25) is 4.79 Å². The maximum atomic E-state index is 13.0. The minimum atomic E-state index is -3.80. The van der Waals surface area contributed by atoms with E-state index in [0.29, 0.717) is 26.4 Å². The van der Waals surface area contributed by atoms with E-state index in [1.165, 1.54) is 30.7 Å². The summed E-state index contributed by atoms with van der Waals surface area (Å²) in [5, 5.41) is 2.89. The Morgan fingerprint density at radius 1 is 1.14 bits per heavy atom. The van der Waals surface area contributed by atoms with Crippen molar-refractivity contribution in [1.82, 2.24) is 9.62 Å². The Morgan fingerprint density at radius 3 is 2.50 bits per heavy atom. The van der Waals surface area contributed by atoms with Crippen LogP contribution in [-0.2, 0) is 19.5 Å². The number of rotatable bonds is 6. The normalized spacial score (nSPS) is 21.1. The standard InChI is InChI=1S/C18H26N2O7S/c1-24-16-11-14(28(22,23)20-5-8-26-9-6-20)10-15(17(16)25-2)18(21)19-13-4-3-7-27-12-13/h10-11,13H,3-9,12H2,1-2H3,(H,19,21). The molecule has 0 aliphatic carbocycles. The highest BCUT2D eigenvalue weighted by atomic mass is 32.2. The molecule has 2 aliphatic rings. The zero-order valence-electron chi connectivity index (χ0n) is 16.1. The molecule has 28 heavy (non-hydrogen) atoms. The lowest BCUT2D eigenvalue weighted by Gasteiger charge is -2.27. The van der Waals surface area contributed by atoms with Gasteiger partial charge in [-0.1, -0.05) is 0 Å². The fraction of sp³-hybridized carbons (Fsp3) is 0.611. The third-order valence-corrected chi connectivity index (χ3v) is 6.68. The van der Waals surface area contributed by atoms with Gasteiger partial charge in [-0.05, 0) is 18.9 Å². The molecule has 3 rings (SSSR count). The summed E-state index contributed by atoms with van der Waals surface area (Å²) in [6, 6.07) is 2.59. The molecular formula is C18H26N2O7S. The van der Waals surface area contributed by atoms with Gasteiger partial charge in [0.15, 0.2) is 11.5 Å². The van der Waals surface area contributed by atoms with Crippen molar-refractivity contribution in [1.29, 1.82) is 0 Å². The number of sulfonamides is 1. The number of hydrogen-bond donors (Lipinski definition) is 1. The molecule has 0 spiro atoms. The molecular weight excluding hydrogens is 388 g/mol. The van der Waals surface area contributed by atoms with Gasteiger partial charge in [-0.2, -0.15) is 4.31 Å². The van der Waals surface area contributed by atoms with Crippen LogP contribution < -0.4 is 14.8 Å². The van der Waals surface area contributed by atoms with Crippen LogP contribution in [0.3, 0.4) is 0 Å². The molecule has 0 radical (unpaired) electrons. The van der Waals surface area contributed by atoms with Crippen LogP contribution in [0.2, 0.25) is 0 Å². The predicted molar refractivity (Wildman–Crippen MR) is 100 cm³/mol. The van der Waals surface area contributed by atoms with Crippen LogP contribution in [0.25, 0.3) is 0 Å². The minimum Gasteiger partial charge on any atom is -0.493 e. The summed E-state index contributed by atoms with van der Waals surface area (Å²) in [5.74, 6) is -0.0517. The summed E-state index contributed by atoms with van der Waals surface area (Å²) in [6.07, 6.45) is 1.66. The van der Waals surface area contributed by atoms with E-state index in [4.69, 9.17) is 18.9 Å². The topological polar surface area (TPSA) is 103 Å². The van der Waals surface area contributed by atoms with Crippen LogP contribution in [0, 0.1) is 0 Å². The molecule has 0 aromatic heterocycles. The second kappa shape index (κ2) is 9.08. The lowest BCUT2D eigenvalue weighted by Crippen LogP contribution is -2.41. The van der Waals surface area contributed by atoms with E-state index in [0.717, 1.165) is 12.8 Å². The van der Waals surface area contributed by atoms with E-state index in [9.17, 15) is 13.2 Å². The molecule has 2 heterocycles. The second-order valence-corrected chi connectivity index (χ2v) is 8.55. The quantitative estimate of drug-likeness (QED) is 0.728. The van der Waals surface area contributed by atoms with Crippen LogP contribution in [0.1, 0.15) is 23.2 Å². The van der Waals surface area contributed by atoms with Crippen LogP contribution in [0.4, 0.5) is 0 Å². The molecule has 1 unspecified atom stereocenters. The van der Waals surface area contributed by atoms with E-state index < -0.39 is 15.9 Å². The summed E-state index contributed by atoms with van der Waals surface area (Å²) >= 11 is 0. The van der Waals surface area contributed by atoms with Gasteiger partial charge in [0.1, 0.15) is 0 Å². The monoisotopic (exact) mass is 414 g/mol. The van der Waals surface area contributed by atoms with Gasteiger partial charge in [0.2, 0.25) is 10.0 Å². The van der Waals surface area contributed by atoms with E-state index in [1.807, 2.05) is 0 Å². The third-order valence-electron chi connectivity index (χ3n) is 4.80. The zero-order chi connectivity index (χ0) is 20.1. The number of amides is 1. The van der Waals surface area contributed by atoms with Crippen molar-refractivity contribution in [3.05, 3.63) is 17.7 Å². The van der Waals surface area contributed by atoms with Crippen molar-refractivity contribution >= 4 is 15.9 Å². The number of hydrogen-bond acceptors (Lipinski definition) is 7. The van der Waals surface area contributed by atoms with Gasteiger partial charge in [-0.25, -0.2) is 8.42 Å². The molecule has 1 atom stereocenters. The third kappa shape index (κ3) is 4.40. The fourth-order valence-electron chi connectivity index (χ4n) is 3.31. The predicted octanol–water partition coefficient (Wildman–Crippen LogP) is 0.634. The molecule has 1 aromatic rings. The van der Waals surface area contributed by atoms with Gasteiger partial charge < -0.3 is 24.3 Å². The van der Waals surface area contributed by atoms with E-state index in [1.54, 1.807) is 0 Å². The van der Waals surface area contributed by atoms with E-state index >= 15 is 0 Å². The SMILES string of the molecule is COc1cc(S(=O)(=O)N2CCOCC2)cc(C(=O)NC2CCCOC2)c1OC. The van der Waals surface area contributed by atoms with Crippen LogP contribution in [0.15, 0.2) is 17.0 Å². The van der Waals surface area contributed by atoms with Crippen molar-refractivity contribution in [2.45, 2.75) is 23.8 Å². The highest BCUT2D eigenvalue weighted by molar-refractivity contribution is 7.89. The van der Waals surface area contributed by atoms with E-state index in [2.05, 4.69) is 5.32 Å². The molecule has 0 saturated carbocycles. The van der Waals surface area contributed by atoms with Gasteiger partial charge in [-0.15, -0.1) is 0 Å². The molecule has 10 heteroatoms. The molecule has 1 aromatic carbocycles. The largest absolute Gasteiger partial charge is 0.493 e. The average molecular weight is 414 g/mol. The summed E-state index contributed by atoms with van der Waals surface area (Å²) in [5.41, 5.74) is 0.110. The first-order valence-corrected chi connectivity index (χ1v) is 10.6. The number of nitrogens with zero attached hydrogens (tertiary/aromatic N) is 1. The first-order valence-electron chi connectivity index (χ1n) is 9.20. The summed E-state index contributed by atoms with van der Waals surface area (Å²) in [7, 11) is -0.982. The van der Waals surface area contributed by atoms with Gasteiger partial charge in [0, 0.05) is 25.8 Å². The average Bonchev–Trinajstić information content (AvgIpc) is 2.73. The minimum absolute atomic E-state index is 0.0166. The smallest absolute Gasteiger partial charge is 0.255 e. The molecule has 2 fully saturated rings. The highest BCUT2D eigenvalue weighted by Gasteiger charge is 2.30. The molecule has 1 N–H and O–H groups in total. The number of carbonyl (C=O) groups excluding carboxylic acids is 1. The Kier molecular flexibility index (Phi) is 6.76. The molecule has 156 valence electrons. The Labute approximate surface area is 164 Å². The van der Waals surface area contributed by atoms with Crippen molar-refractivity contribution in [3.63, 3.8) is 0 Å². The lowest BCUT2D eigenvalue weighted by molar-refractivity contribution is 0.0622. The number of carbonyl (C=O) groups is 1. The van der Waals surface area contributed by atoms with Crippen molar-refractivity contribution < 1.29 is 32.2 Å². The maximum Gasteiger partial charge on any atom is 0.255 e.